The number of halogens is 1. The summed E-state index contributed by atoms with van der Waals surface area (Å²) in [4.78, 5) is 0. The molecule has 0 spiro atoms. The van der Waals surface area contributed by atoms with Crippen LogP contribution in [-0.2, 0) is 11.3 Å². The van der Waals surface area contributed by atoms with E-state index in [9.17, 15) is 0 Å². The average molecular weight is 314 g/mol. The van der Waals surface area contributed by atoms with Crippen LogP contribution in [0.15, 0.2) is 28.7 Å². The van der Waals surface area contributed by atoms with Crippen LogP contribution in [0.4, 0.5) is 0 Å². The minimum absolute atomic E-state index is 0.179. The van der Waals surface area contributed by atoms with Crippen LogP contribution in [-0.4, -0.2) is 18.7 Å². The van der Waals surface area contributed by atoms with Gasteiger partial charge < -0.3 is 10.1 Å². The molecule has 102 valence electrons. The van der Waals surface area contributed by atoms with E-state index in [2.05, 4.69) is 61.1 Å². The van der Waals surface area contributed by atoms with E-state index in [0.29, 0.717) is 12.5 Å². The van der Waals surface area contributed by atoms with Crippen molar-refractivity contribution in [3.05, 3.63) is 34.3 Å². The third kappa shape index (κ3) is 7.14. The second kappa shape index (κ2) is 7.27. The van der Waals surface area contributed by atoms with Crippen LogP contribution in [0.2, 0.25) is 0 Å². The first-order valence-corrected chi connectivity index (χ1v) is 7.23. The van der Waals surface area contributed by atoms with Gasteiger partial charge in [0.15, 0.2) is 0 Å². The Bertz CT molecular complexity index is 360. The lowest BCUT2D eigenvalue weighted by molar-refractivity contribution is 0.0898. The first-order valence-electron chi connectivity index (χ1n) is 6.44. The molecular weight excluding hydrogens is 290 g/mol. The highest BCUT2D eigenvalue weighted by Crippen LogP contribution is 2.12. The third-order valence-corrected chi connectivity index (χ3v) is 3.03. The lowest BCUT2D eigenvalue weighted by Crippen LogP contribution is -2.39. The molecular formula is C15H24BrNO. The van der Waals surface area contributed by atoms with E-state index in [1.54, 1.807) is 0 Å². The smallest absolute Gasteiger partial charge is 0.0717 e. The molecule has 1 N–H and O–H groups in total. The molecule has 0 bridgehead atoms. The van der Waals surface area contributed by atoms with Crippen LogP contribution in [0.1, 0.15) is 33.3 Å². The Morgan fingerprint density at radius 2 is 2.06 bits per heavy atom. The number of nitrogens with one attached hydrogen (secondary N) is 1. The fourth-order valence-electron chi connectivity index (χ4n) is 1.54. The summed E-state index contributed by atoms with van der Waals surface area (Å²) in [6, 6.07) is 8.24. The van der Waals surface area contributed by atoms with E-state index in [1.165, 1.54) is 5.56 Å². The van der Waals surface area contributed by atoms with Gasteiger partial charge in [0.2, 0.25) is 0 Å². The van der Waals surface area contributed by atoms with Crippen molar-refractivity contribution in [2.45, 2.75) is 39.8 Å². The number of hydrogen-bond acceptors (Lipinski definition) is 2. The minimum Gasteiger partial charge on any atom is -0.376 e. The Balaban J connectivity index is 2.21. The van der Waals surface area contributed by atoms with E-state index in [4.69, 9.17) is 4.74 Å². The van der Waals surface area contributed by atoms with E-state index >= 15 is 0 Å². The Labute approximate surface area is 119 Å². The molecule has 0 heterocycles. The second-order valence-corrected chi connectivity index (χ2v) is 6.80. The summed E-state index contributed by atoms with van der Waals surface area (Å²) < 4.78 is 6.84. The standard InChI is InChI=1S/C15H24BrNO/c1-12(9-17-15(2,3)4)10-18-11-13-6-5-7-14(16)8-13/h5-8,12,17H,9-11H2,1-4H3. The van der Waals surface area contributed by atoms with Crippen LogP contribution < -0.4 is 5.32 Å². The topological polar surface area (TPSA) is 21.3 Å². The number of hydrogen-bond donors (Lipinski definition) is 1. The highest BCUT2D eigenvalue weighted by atomic mass is 79.9. The average Bonchev–Trinajstić information content (AvgIpc) is 2.25. The van der Waals surface area contributed by atoms with Crippen molar-refractivity contribution in [1.82, 2.24) is 5.32 Å². The quantitative estimate of drug-likeness (QED) is 0.857. The lowest BCUT2D eigenvalue weighted by atomic mass is 10.1. The van der Waals surface area contributed by atoms with Gasteiger partial charge >= 0.3 is 0 Å². The molecule has 3 heteroatoms. The summed E-state index contributed by atoms with van der Waals surface area (Å²) in [7, 11) is 0. The van der Waals surface area contributed by atoms with Crippen molar-refractivity contribution in [3.63, 3.8) is 0 Å². The fourth-order valence-corrected chi connectivity index (χ4v) is 1.99. The predicted molar refractivity (Wildman–Crippen MR) is 80.7 cm³/mol. The molecule has 1 rings (SSSR count). The Hall–Kier alpha value is -0.380. The predicted octanol–water partition coefficient (Wildman–Crippen LogP) is 3.99. The Kier molecular flexibility index (Phi) is 6.33. The summed E-state index contributed by atoms with van der Waals surface area (Å²) in [6.45, 7) is 11.2. The molecule has 1 atom stereocenters. The van der Waals surface area contributed by atoms with Crippen molar-refractivity contribution >= 4 is 15.9 Å². The maximum atomic E-state index is 5.74. The van der Waals surface area contributed by atoms with Gasteiger partial charge in [-0.15, -0.1) is 0 Å². The molecule has 0 saturated carbocycles. The maximum Gasteiger partial charge on any atom is 0.0717 e. The lowest BCUT2D eigenvalue weighted by Gasteiger charge is -2.23. The van der Waals surface area contributed by atoms with Gasteiger partial charge in [-0.2, -0.15) is 0 Å². The highest BCUT2D eigenvalue weighted by Gasteiger charge is 2.11. The zero-order chi connectivity index (χ0) is 13.6. The molecule has 1 aromatic rings. The monoisotopic (exact) mass is 313 g/mol. The van der Waals surface area contributed by atoms with Crippen LogP contribution in [0.3, 0.4) is 0 Å². The van der Waals surface area contributed by atoms with Crippen molar-refractivity contribution in [2.75, 3.05) is 13.2 Å². The normalized spacial score (nSPS) is 13.6. The summed E-state index contributed by atoms with van der Waals surface area (Å²) in [6.07, 6.45) is 0. The van der Waals surface area contributed by atoms with Crippen LogP contribution in [0.5, 0.6) is 0 Å². The van der Waals surface area contributed by atoms with Crippen molar-refractivity contribution < 1.29 is 4.74 Å². The molecule has 0 aromatic heterocycles. The van der Waals surface area contributed by atoms with Gasteiger partial charge in [-0.1, -0.05) is 35.0 Å². The zero-order valence-electron chi connectivity index (χ0n) is 11.8. The van der Waals surface area contributed by atoms with E-state index in [-0.39, 0.29) is 5.54 Å². The number of ether oxygens (including phenoxy) is 1. The number of rotatable bonds is 6. The molecule has 0 radical (unpaired) electrons. The largest absolute Gasteiger partial charge is 0.376 e. The van der Waals surface area contributed by atoms with Gasteiger partial charge in [0.25, 0.3) is 0 Å². The molecule has 1 unspecified atom stereocenters. The molecule has 0 fully saturated rings. The van der Waals surface area contributed by atoms with Gasteiger partial charge in [0, 0.05) is 16.6 Å². The van der Waals surface area contributed by atoms with Crippen LogP contribution in [0, 0.1) is 5.92 Å². The Morgan fingerprint density at radius 3 is 2.67 bits per heavy atom. The van der Waals surface area contributed by atoms with Crippen molar-refractivity contribution in [1.29, 1.82) is 0 Å². The minimum atomic E-state index is 0.179. The Morgan fingerprint density at radius 1 is 1.33 bits per heavy atom. The van der Waals surface area contributed by atoms with Gasteiger partial charge in [-0.3, -0.25) is 0 Å². The van der Waals surface area contributed by atoms with Gasteiger partial charge in [0.1, 0.15) is 0 Å². The van der Waals surface area contributed by atoms with Gasteiger partial charge in [0.05, 0.1) is 13.2 Å². The molecule has 0 aliphatic heterocycles. The van der Waals surface area contributed by atoms with Crippen LogP contribution in [0.25, 0.3) is 0 Å². The van der Waals surface area contributed by atoms with E-state index in [0.717, 1.165) is 17.6 Å². The van der Waals surface area contributed by atoms with Gasteiger partial charge in [-0.25, -0.2) is 0 Å². The van der Waals surface area contributed by atoms with Crippen molar-refractivity contribution in [3.8, 4) is 0 Å². The van der Waals surface area contributed by atoms with Gasteiger partial charge in [-0.05, 0) is 44.4 Å². The molecule has 0 saturated heterocycles. The summed E-state index contributed by atoms with van der Waals surface area (Å²) in [5, 5.41) is 3.49. The van der Waals surface area contributed by atoms with Crippen LogP contribution >= 0.6 is 15.9 Å². The fraction of sp³-hybridized carbons (Fsp3) is 0.600. The molecule has 1 aromatic carbocycles. The SMILES string of the molecule is CC(CNC(C)(C)C)COCc1cccc(Br)c1. The zero-order valence-corrected chi connectivity index (χ0v) is 13.4. The van der Waals surface area contributed by atoms with E-state index in [1.807, 2.05) is 12.1 Å². The third-order valence-electron chi connectivity index (χ3n) is 2.54. The molecule has 0 aliphatic carbocycles. The van der Waals surface area contributed by atoms with E-state index < -0.39 is 0 Å². The molecule has 2 nitrogen and oxygen atoms in total. The summed E-state index contributed by atoms with van der Waals surface area (Å²) in [5.74, 6) is 0.524. The summed E-state index contributed by atoms with van der Waals surface area (Å²) >= 11 is 3.46. The molecule has 0 amide bonds. The first kappa shape index (κ1) is 15.7. The first-order chi connectivity index (χ1) is 8.37. The highest BCUT2D eigenvalue weighted by molar-refractivity contribution is 9.10. The maximum absolute atomic E-state index is 5.74. The summed E-state index contributed by atoms with van der Waals surface area (Å²) in [5.41, 5.74) is 1.39. The second-order valence-electron chi connectivity index (χ2n) is 5.88. The van der Waals surface area contributed by atoms with Crippen molar-refractivity contribution in [2.24, 2.45) is 5.92 Å². The molecule has 18 heavy (non-hydrogen) atoms. The number of benzene rings is 1. The molecule has 0 aliphatic rings.